The Hall–Kier alpha value is -0.570. The fourth-order valence-electron chi connectivity index (χ4n) is 2.13. The van der Waals surface area contributed by atoms with Crippen LogP contribution in [0.15, 0.2) is 0 Å². The van der Waals surface area contributed by atoms with E-state index in [0.29, 0.717) is 12.5 Å². The van der Waals surface area contributed by atoms with Crippen LogP contribution in [0, 0.1) is 11.3 Å². The fraction of sp³-hybridized carbons (Fsp3) is 0.923. The summed E-state index contributed by atoms with van der Waals surface area (Å²) in [6, 6.07) is 0. The first-order valence-electron chi connectivity index (χ1n) is 6.44. The number of carboxylic acid groups (broad SMARTS) is 1. The summed E-state index contributed by atoms with van der Waals surface area (Å²) in [7, 11) is 0. The van der Waals surface area contributed by atoms with Gasteiger partial charge >= 0.3 is 5.97 Å². The highest BCUT2D eigenvalue weighted by atomic mass is 16.4. The van der Waals surface area contributed by atoms with E-state index in [1.165, 1.54) is 19.3 Å². The largest absolute Gasteiger partial charge is 0.481 e. The minimum Gasteiger partial charge on any atom is -0.481 e. The highest BCUT2D eigenvalue weighted by Crippen LogP contribution is 2.48. The quantitative estimate of drug-likeness (QED) is 0.761. The molecule has 0 radical (unpaired) electrons. The molecule has 0 aromatic carbocycles. The van der Waals surface area contributed by atoms with Gasteiger partial charge in [0.1, 0.15) is 0 Å². The molecule has 0 spiro atoms. The number of rotatable bonds is 5. The third kappa shape index (κ3) is 4.52. The first kappa shape index (κ1) is 15.4. The maximum atomic E-state index is 10.5. The van der Waals surface area contributed by atoms with E-state index in [2.05, 4.69) is 20.8 Å². The van der Waals surface area contributed by atoms with Crippen LogP contribution in [0.5, 0.6) is 0 Å². The Balaban J connectivity index is 0.000000385. The fourth-order valence-corrected chi connectivity index (χ4v) is 2.13. The molecule has 1 aliphatic rings. The first-order chi connectivity index (χ1) is 7.52. The van der Waals surface area contributed by atoms with Gasteiger partial charge in [0.05, 0.1) is 6.42 Å². The van der Waals surface area contributed by atoms with Crippen molar-refractivity contribution in [3.63, 3.8) is 0 Å². The molecule has 2 atom stereocenters. The van der Waals surface area contributed by atoms with E-state index in [1.807, 2.05) is 0 Å². The average Bonchev–Trinajstić information content (AvgIpc) is 2.25. The van der Waals surface area contributed by atoms with E-state index in [-0.39, 0.29) is 11.8 Å². The summed E-state index contributed by atoms with van der Waals surface area (Å²) >= 11 is 0. The van der Waals surface area contributed by atoms with E-state index in [0.717, 1.165) is 12.8 Å². The Morgan fingerprint density at radius 1 is 1.44 bits per heavy atom. The van der Waals surface area contributed by atoms with Crippen LogP contribution < -0.4 is 5.73 Å². The normalized spacial score (nSPS) is 27.6. The lowest BCUT2D eigenvalue weighted by atomic mass is 9.59. The third-order valence-corrected chi connectivity index (χ3v) is 3.74. The smallest absolute Gasteiger partial charge is 0.303 e. The molecule has 1 saturated carbocycles. The Kier molecular flexibility index (Phi) is 7.39. The van der Waals surface area contributed by atoms with Crippen LogP contribution in [0.4, 0.5) is 0 Å². The Bertz CT molecular complexity index is 200. The summed E-state index contributed by atoms with van der Waals surface area (Å²) in [4.78, 5) is 10.5. The average molecular weight is 229 g/mol. The van der Waals surface area contributed by atoms with Crippen LogP contribution >= 0.6 is 0 Å². The zero-order valence-corrected chi connectivity index (χ0v) is 11.0. The molecule has 3 N–H and O–H groups in total. The van der Waals surface area contributed by atoms with Gasteiger partial charge in [-0.15, -0.1) is 0 Å². The molecule has 0 bridgehead atoms. The molecule has 1 rings (SSSR count). The van der Waals surface area contributed by atoms with Gasteiger partial charge in [0.15, 0.2) is 0 Å². The van der Waals surface area contributed by atoms with Gasteiger partial charge in [-0.1, -0.05) is 40.0 Å². The summed E-state index contributed by atoms with van der Waals surface area (Å²) in [5.41, 5.74) is 5.47. The van der Waals surface area contributed by atoms with Crippen molar-refractivity contribution in [1.29, 1.82) is 0 Å². The molecule has 16 heavy (non-hydrogen) atoms. The molecule has 0 aromatic heterocycles. The van der Waals surface area contributed by atoms with E-state index >= 15 is 0 Å². The number of hydrogen-bond donors (Lipinski definition) is 2. The molecule has 1 aliphatic carbocycles. The van der Waals surface area contributed by atoms with Crippen molar-refractivity contribution in [2.75, 3.05) is 6.54 Å². The molecular formula is C13H27NO2. The minimum atomic E-state index is -0.720. The van der Waals surface area contributed by atoms with Gasteiger partial charge in [-0.2, -0.15) is 0 Å². The van der Waals surface area contributed by atoms with Gasteiger partial charge < -0.3 is 10.8 Å². The molecule has 1 fully saturated rings. The lowest BCUT2D eigenvalue weighted by Gasteiger charge is -2.46. The molecule has 0 aromatic rings. The van der Waals surface area contributed by atoms with Crippen molar-refractivity contribution in [3.05, 3.63) is 0 Å². The number of hydrogen-bond acceptors (Lipinski definition) is 2. The number of carboxylic acids is 1. The predicted molar refractivity (Wildman–Crippen MR) is 67.3 cm³/mol. The topological polar surface area (TPSA) is 63.3 Å². The molecule has 0 unspecified atom stereocenters. The van der Waals surface area contributed by atoms with Crippen molar-refractivity contribution in [1.82, 2.24) is 0 Å². The zero-order valence-electron chi connectivity index (χ0n) is 11.0. The van der Waals surface area contributed by atoms with Crippen molar-refractivity contribution in [2.45, 2.75) is 59.3 Å². The van der Waals surface area contributed by atoms with Crippen LogP contribution in [0.2, 0.25) is 0 Å². The van der Waals surface area contributed by atoms with Crippen molar-refractivity contribution >= 4 is 5.97 Å². The van der Waals surface area contributed by atoms with Crippen molar-refractivity contribution in [2.24, 2.45) is 17.1 Å². The molecular weight excluding hydrogens is 202 g/mol. The van der Waals surface area contributed by atoms with Crippen molar-refractivity contribution < 1.29 is 9.90 Å². The second kappa shape index (κ2) is 7.66. The molecule has 3 heteroatoms. The molecule has 3 nitrogen and oxygen atoms in total. The van der Waals surface area contributed by atoms with E-state index < -0.39 is 5.97 Å². The molecule has 0 heterocycles. The van der Waals surface area contributed by atoms with E-state index in [1.54, 1.807) is 0 Å². The maximum Gasteiger partial charge on any atom is 0.303 e. The zero-order chi connectivity index (χ0) is 12.6. The van der Waals surface area contributed by atoms with Gasteiger partial charge in [-0.05, 0) is 30.7 Å². The van der Waals surface area contributed by atoms with Gasteiger partial charge in [0, 0.05) is 0 Å². The number of unbranched alkanes of at least 4 members (excludes halogenated alkanes) is 2. The highest BCUT2D eigenvalue weighted by molar-refractivity contribution is 5.68. The first-order valence-corrected chi connectivity index (χ1v) is 6.44. The highest BCUT2D eigenvalue weighted by Gasteiger charge is 2.44. The van der Waals surface area contributed by atoms with Crippen LogP contribution in [-0.4, -0.2) is 17.6 Å². The molecule has 0 aliphatic heterocycles. The van der Waals surface area contributed by atoms with E-state index in [9.17, 15) is 4.79 Å². The molecule has 96 valence electrons. The standard InChI is InChI=1S/C8H15NO2.C5H12/c1-6-2-3-8(6,5-9)4-7(10)11;1-3-5-4-2/h6H,2-5,9H2,1H3,(H,10,11);3-5H2,1-2H3/t6-,8-;/m1./s1. The van der Waals surface area contributed by atoms with Crippen LogP contribution in [-0.2, 0) is 4.79 Å². The van der Waals surface area contributed by atoms with Crippen LogP contribution in [0.25, 0.3) is 0 Å². The summed E-state index contributed by atoms with van der Waals surface area (Å²) in [5.74, 6) is -0.231. The third-order valence-electron chi connectivity index (χ3n) is 3.74. The van der Waals surface area contributed by atoms with Crippen LogP contribution in [0.1, 0.15) is 59.3 Å². The van der Waals surface area contributed by atoms with Gasteiger partial charge in [-0.3, -0.25) is 4.79 Å². The van der Waals surface area contributed by atoms with Gasteiger partial charge in [-0.25, -0.2) is 0 Å². The predicted octanol–water partition coefficient (Wildman–Crippen LogP) is 3.03. The Labute approximate surface area is 99.4 Å². The maximum absolute atomic E-state index is 10.5. The second-order valence-corrected chi connectivity index (χ2v) is 4.93. The summed E-state index contributed by atoms with van der Waals surface area (Å²) in [5, 5.41) is 8.61. The molecule has 0 saturated heterocycles. The SMILES string of the molecule is CCCCC.C[C@@H]1CC[C@]1(CN)CC(=O)O. The molecule has 0 amide bonds. The summed E-state index contributed by atoms with van der Waals surface area (Å²) in [6.07, 6.45) is 6.43. The van der Waals surface area contributed by atoms with Crippen LogP contribution in [0.3, 0.4) is 0 Å². The van der Waals surface area contributed by atoms with Gasteiger partial charge in [0.25, 0.3) is 0 Å². The minimum absolute atomic E-state index is 0.0775. The Morgan fingerprint density at radius 2 is 2.00 bits per heavy atom. The number of nitrogens with two attached hydrogens (primary N) is 1. The van der Waals surface area contributed by atoms with Crippen molar-refractivity contribution in [3.8, 4) is 0 Å². The monoisotopic (exact) mass is 229 g/mol. The van der Waals surface area contributed by atoms with E-state index in [4.69, 9.17) is 10.8 Å². The summed E-state index contributed by atoms with van der Waals surface area (Å²) in [6.45, 7) is 7.02. The lowest BCUT2D eigenvalue weighted by molar-refractivity contribution is -0.143. The van der Waals surface area contributed by atoms with Gasteiger partial charge in [0.2, 0.25) is 0 Å². The summed E-state index contributed by atoms with van der Waals surface area (Å²) < 4.78 is 0. The number of carbonyl (C=O) groups is 1. The Morgan fingerprint density at radius 3 is 2.06 bits per heavy atom. The lowest BCUT2D eigenvalue weighted by Crippen LogP contribution is -2.46. The second-order valence-electron chi connectivity index (χ2n) is 4.93. The number of aliphatic carboxylic acids is 1.